The maximum atomic E-state index is 7.05. The van der Waals surface area contributed by atoms with Gasteiger partial charge in [0.05, 0.1) is 22.1 Å². The van der Waals surface area contributed by atoms with Crippen LogP contribution in [0.5, 0.6) is 0 Å². The maximum Gasteiger partial charge on any atom is 0.159 e. The van der Waals surface area contributed by atoms with Crippen LogP contribution in [-0.2, 0) is 0 Å². The fraction of sp³-hybridized carbons (Fsp3) is 0. The minimum atomic E-state index is 0.789. The van der Waals surface area contributed by atoms with Crippen molar-refractivity contribution in [2.45, 2.75) is 0 Å². The van der Waals surface area contributed by atoms with Gasteiger partial charge >= 0.3 is 0 Å². The van der Waals surface area contributed by atoms with Gasteiger partial charge in [-0.25, -0.2) is 0 Å². The highest BCUT2D eigenvalue weighted by atomic mass is 16.3. The van der Waals surface area contributed by atoms with Gasteiger partial charge in [-0.05, 0) is 83.4 Å². The average Bonchev–Trinajstić information content (AvgIpc) is 3.97. The number of hydrogen-bond donors (Lipinski definition) is 0. The summed E-state index contributed by atoms with van der Waals surface area (Å²) >= 11 is 0. The van der Waals surface area contributed by atoms with E-state index in [9.17, 15) is 0 Å². The van der Waals surface area contributed by atoms with Crippen molar-refractivity contribution >= 4 is 82.7 Å². The Bertz CT molecular complexity index is 3490. The Kier molecular flexibility index (Phi) is 7.20. The topological polar surface area (TPSA) is 34.5 Å². The van der Waals surface area contributed by atoms with Crippen LogP contribution in [0.15, 0.2) is 215 Å². The Morgan fingerprint density at radius 2 is 0.966 bits per heavy atom. The molecule has 4 nitrogen and oxygen atoms in total. The number of anilines is 3. The van der Waals surface area contributed by atoms with E-state index >= 15 is 0 Å². The fourth-order valence-electron chi connectivity index (χ4n) is 8.96. The number of nitrogens with zero attached hydrogens (tertiary/aromatic N) is 2. The predicted molar refractivity (Wildman–Crippen MR) is 241 cm³/mol. The van der Waals surface area contributed by atoms with Crippen LogP contribution >= 0.6 is 0 Å². The summed E-state index contributed by atoms with van der Waals surface area (Å²) in [4.78, 5) is 2.28. The van der Waals surface area contributed by atoms with Gasteiger partial charge in [-0.3, -0.25) is 0 Å². The van der Waals surface area contributed by atoms with E-state index in [2.05, 4.69) is 210 Å². The van der Waals surface area contributed by atoms with Crippen LogP contribution in [0.3, 0.4) is 0 Å². The molecule has 3 aromatic heterocycles. The molecule has 0 aliphatic rings. The first kappa shape index (κ1) is 32.4. The van der Waals surface area contributed by atoms with Crippen molar-refractivity contribution in [1.29, 1.82) is 0 Å². The van der Waals surface area contributed by atoms with E-state index in [4.69, 9.17) is 8.83 Å². The van der Waals surface area contributed by atoms with Gasteiger partial charge in [0.1, 0.15) is 16.7 Å². The average molecular weight is 743 g/mol. The fourth-order valence-corrected chi connectivity index (χ4v) is 8.96. The van der Waals surface area contributed by atoms with Gasteiger partial charge in [-0.15, -0.1) is 0 Å². The Balaban J connectivity index is 1.04. The molecule has 0 radical (unpaired) electrons. The second kappa shape index (κ2) is 12.9. The van der Waals surface area contributed by atoms with Crippen molar-refractivity contribution in [3.8, 4) is 27.9 Å². The van der Waals surface area contributed by atoms with Gasteiger partial charge in [-0.2, -0.15) is 0 Å². The molecule has 0 unspecified atom stereocenters. The van der Waals surface area contributed by atoms with Crippen LogP contribution in [0.4, 0.5) is 17.1 Å². The molecule has 0 saturated carbocycles. The van der Waals surface area contributed by atoms with Gasteiger partial charge in [0.25, 0.3) is 0 Å². The normalized spacial score (nSPS) is 11.8. The molecule has 12 rings (SSSR count). The number of rotatable bonds is 6. The van der Waals surface area contributed by atoms with Crippen molar-refractivity contribution in [3.63, 3.8) is 0 Å². The van der Waals surface area contributed by atoms with E-state index in [0.717, 1.165) is 83.3 Å². The molecule has 9 aromatic carbocycles. The highest BCUT2D eigenvalue weighted by Gasteiger charge is 2.23. The summed E-state index contributed by atoms with van der Waals surface area (Å²) in [5.41, 5.74) is 14.3. The summed E-state index contributed by atoms with van der Waals surface area (Å²) in [6.07, 6.45) is 0. The molecule has 272 valence electrons. The number of furan rings is 2. The summed E-state index contributed by atoms with van der Waals surface area (Å²) in [7, 11) is 0. The third-order valence-electron chi connectivity index (χ3n) is 11.6. The van der Waals surface area contributed by atoms with E-state index < -0.39 is 0 Å². The third-order valence-corrected chi connectivity index (χ3v) is 11.6. The van der Waals surface area contributed by atoms with Crippen molar-refractivity contribution in [3.05, 3.63) is 206 Å². The van der Waals surface area contributed by atoms with Crippen molar-refractivity contribution < 1.29 is 8.83 Å². The summed E-state index contributed by atoms with van der Waals surface area (Å²) in [6.45, 7) is 0. The van der Waals surface area contributed by atoms with Crippen LogP contribution in [0.25, 0.3) is 93.6 Å². The highest BCUT2D eigenvalue weighted by Crippen LogP contribution is 2.46. The molecular formula is C54H34N2O2. The highest BCUT2D eigenvalue weighted by molar-refractivity contribution is 6.24. The van der Waals surface area contributed by atoms with E-state index in [1.54, 1.807) is 0 Å². The largest absolute Gasteiger partial charge is 0.455 e. The summed E-state index contributed by atoms with van der Waals surface area (Å²) in [5.74, 6) is 0. The smallest absolute Gasteiger partial charge is 0.159 e. The van der Waals surface area contributed by atoms with Crippen LogP contribution in [0, 0.1) is 0 Å². The van der Waals surface area contributed by atoms with E-state index in [-0.39, 0.29) is 0 Å². The van der Waals surface area contributed by atoms with Gasteiger partial charge in [0, 0.05) is 49.6 Å². The first-order chi connectivity index (χ1) is 28.8. The zero-order valence-electron chi connectivity index (χ0n) is 31.3. The van der Waals surface area contributed by atoms with Crippen molar-refractivity contribution in [1.82, 2.24) is 4.57 Å². The number of aromatic nitrogens is 1. The van der Waals surface area contributed by atoms with Gasteiger partial charge in [0.15, 0.2) is 5.58 Å². The zero-order chi connectivity index (χ0) is 38.2. The molecule has 0 bridgehead atoms. The number of fused-ring (bicyclic) bond motifs is 10. The summed E-state index contributed by atoms with van der Waals surface area (Å²) in [5, 5.41) is 6.58. The lowest BCUT2D eigenvalue weighted by atomic mass is 10.0. The molecule has 0 amide bonds. The Labute approximate surface area is 334 Å². The molecule has 4 heteroatoms. The minimum Gasteiger partial charge on any atom is -0.455 e. The maximum absolute atomic E-state index is 7.05. The Morgan fingerprint density at radius 3 is 1.79 bits per heavy atom. The number of hydrogen-bond acceptors (Lipinski definition) is 3. The van der Waals surface area contributed by atoms with E-state index in [0.29, 0.717) is 0 Å². The lowest BCUT2D eigenvalue weighted by molar-refractivity contribution is 0.663. The molecule has 12 aromatic rings. The second-order valence-corrected chi connectivity index (χ2v) is 14.9. The third kappa shape index (κ3) is 4.95. The number of para-hydroxylation sites is 5. The molecule has 0 saturated heterocycles. The van der Waals surface area contributed by atoms with E-state index in [1.165, 1.54) is 27.4 Å². The second-order valence-electron chi connectivity index (χ2n) is 14.9. The van der Waals surface area contributed by atoms with Crippen LogP contribution in [0.2, 0.25) is 0 Å². The minimum absolute atomic E-state index is 0.789. The van der Waals surface area contributed by atoms with Crippen molar-refractivity contribution in [2.24, 2.45) is 0 Å². The summed E-state index contributed by atoms with van der Waals surface area (Å²) < 4.78 is 16.3. The van der Waals surface area contributed by atoms with Gasteiger partial charge < -0.3 is 18.3 Å². The van der Waals surface area contributed by atoms with Crippen LogP contribution in [0.1, 0.15) is 0 Å². The molecule has 0 fully saturated rings. The van der Waals surface area contributed by atoms with E-state index in [1.807, 2.05) is 6.07 Å². The van der Waals surface area contributed by atoms with Gasteiger partial charge in [-0.1, -0.05) is 140 Å². The molecule has 0 N–H and O–H groups in total. The molecule has 0 aliphatic heterocycles. The summed E-state index contributed by atoms with van der Waals surface area (Å²) in [6, 6.07) is 72.9. The Hall–Kier alpha value is -7.82. The van der Waals surface area contributed by atoms with Crippen molar-refractivity contribution in [2.75, 3.05) is 4.90 Å². The monoisotopic (exact) mass is 742 g/mol. The van der Waals surface area contributed by atoms with Crippen LogP contribution in [-0.4, -0.2) is 4.57 Å². The standard InChI is InChI=1S/C54H34N2O2/c1-4-14-35(15-5-1)36-26-29-40(30-27-36)55(38-16-6-2-7-17-38)48-25-13-23-46-51-50(57-53(46)48)33-32-45-44-22-12-21-41(52(44)58-54(45)51)37-28-31-43-42-20-10-11-24-47(42)56(49(43)34-37)39-18-8-3-9-19-39/h1-34H. The van der Waals surface area contributed by atoms with Gasteiger partial charge in [0.2, 0.25) is 0 Å². The predicted octanol–water partition coefficient (Wildman–Crippen LogP) is 15.4. The lowest BCUT2D eigenvalue weighted by Gasteiger charge is -2.25. The molecular weight excluding hydrogens is 709 g/mol. The van der Waals surface area contributed by atoms with Crippen LogP contribution < -0.4 is 4.90 Å². The molecule has 58 heavy (non-hydrogen) atoms. The molecule has 0 atom stereocenters. The number of benzene rings is 9. The SMILES string of the molecule is c1ccc(-c2ccc(N(c3ccccc3)c3cccc4c3oc3ccc5c6cccc(-c7ccc8c9ccccc9n(-c9ccccc9)c8c7)c6oc5c34)cc2)cc1. The molecule has 3 heterocycles. The molecule has 0 spiro atoms. The lowest BCUT2D eigenvalue weighted by Crippen LogP contribution is -2.10. The quantitative estimate of drug-likeness (QED) is 0.170. The Morgan fingerprint density at radius 1 is 0.362 bits per heavy atom. The first-order valence-corrected chi connectivity index (χ1v) is 19.7. The molecule has 0 aliphatic carbocycles. The first-order valence-electron chi connectivity index (χ1n) is 19.7. The zero-order valence-corrected chi connectivity index (χ0v) is 31.3.